The van der Waals surface area contributed by atoms with E-state index in [2.05, 4.69) is 27.7 Å². The van der Waals surface area contributed by atoms with Crippen LogP contribution in [-0.2, 0) is 0 Å². The van der Waals surface area contributed by atoms with E-state index in [0.717, 1.165) is 0 Å². The Balaban J connectivity index is 4.03. The molecule has 0 N–H and O–H groups in total. The van der Waals surface area contributed by atoms with E-state index in [1.54, 1.807) is 50.3 Å². The molecule has 0 radical (unpaired) electrons. The van der Waals surface area contributed by atoms with Crippen molar-refractivity contribution >= 4 is 7.26 Å². The zero-order valence-corrected chi connectivity index (χ0v) is 24.6. The Morgan fingerprint density at radius 1 is 0.250 bits per heavy atom. The van der Waals surface area contributed by atoms with Gasteiger partial charge in [0.2, 0.25) is 0 Å². The second kappa shape index (κ2) is 26.0. The average Bonchev–Trinajstić information content (AvgIpc) is 2.80. The van der Waals surface area contributed by atoms with Gasteiger partial charge in [0, 0.05) is 0 Å². The van der Waals surface area contributed by atoms with Crippen molar-refractivity contribution in [3.63, 3.8) is 0 Å². The van der Waals surface area contributed by atoms with Crippen molar-refractivity contribution in [3.8, 4) is 0 Å². The first-order chi connectivity index (χ1) is 15.7. The summed E-state index contributed by atoms with van der Waals surface area (Å²) in [6.07, 6.45) is 40.8. The van der Waals surface area contributed by atoms with Crippen LogP contribution in [0, 0.1) is 0 Å². The molecule has 32 heavy (non-hydrogen) atoms. The Morgan fingerprint density at radius 2 is 0.438 bits per heavy atom. The van der Waals surface area contributed by atoms with Gasteiger partial charge in [-0.3, -0.25) is 0 Å². The number of unbranched alkanes of at least 4 members (excludes halogenated alkanes) is 19. The number of rotatable bonds is 27. The summed E-state index contributed by atoms with van der Waals surface area (Å²) < 4.78 is 0. The van der Waals surface area contributed by atoms with Crippen LogP contribution in [0.15, 0.2) is 0 Å². The molecule has 0 saturated carbocycles. The van der Waals surface area contributed by atoms with Crippen LogP contribution in [0.2, 0.25) is 0 Å². The van der Waals surface area contributed by atoms with Crippen LogP contribution in [0.5, 0.6) is 0 Å². The molecule has 0 spiro atoms. The molecule has 0 aromatic heterocycles. The Bertz CT molecular complexity index is 311. The van der Waals surface area contributed by atoms with E-state index in [4.69, 9.17) is 0 Å². The Morgan fingerprint density at radius 3 is 0.719 bits per heavy atom. The summed E-state index contributed by atoms with van der Waals surface area (Å²) in [6.45, 7) is 9.45. The molecule has 0 heterocycles. The Labute approximate surface area is 207 Å². The molecule has 0 amide bonds. The van der Waals surface area contributed by atoms with E-state index in [1.165, 1.54) is 122 Å². The molecule has 0 aliphatic heterocycles. The SMILES string of the molecule is CCCCCCCCCCCCCCCC[PH](CCCCC)(CCCCC)CCCCC. The number of hydrogen-bond donors (Lipinski definition) is 0. The number of hydrogen-bond acceptors (Lipinski definition) is 0. The van der Waals surface area contributed by atoms with Crippen molar-refractivity contribution in [1.82, 2.24) is 0 Å². The third kappa shape index (κ3) is 21.0. The Hall–Kier alpha value is 0.430. The van der Waals surface area contributed by atoms with E-state index in [1.807, 2.05) is 0 Å². The van der Waals surface area contributed by atoms with Gasteiger partial charge in [-0.2, -0.15) is 0 Å². The summed E-state index contributed by atoms with van der Waals surface area (Å²) in [4.78, 5) is 0. The zero-order valence-electron chi connectivity index (χ0n) is 23.6. The molecule has 0 atom stereocenters. The van der Waals surface area contributed by atoms with E-state index in [9.17, 15) is 0 Å². The standard InChI is InChI=1S/C31H67P/c1-5-9-13-14-15-16-17-18-19-20-21-22-23-27-31-32(28-24-10-6-2,29-25-11-7-3)30-26-12-8-4/h32H,5-31H2,1-4H3. The molecular formula is C31H67P. The van der Waals surface area contributed by atoms with Gasteiger partial charge in [0.1, 0.15) is 0 Å². The van der Waals surface area contributed by atoms with Crippen LogP contribution >= 0.6 is 7.26 Å². The van der Waals surface area contributed by atoms with Gasteiger partial charge >= 0.3 is 181 Å². The molecule has 0 aliphatic carbocycles. The van der Waals surface area contributed by atoms with Gasteiger partial charge in [-0.1, -0.05) is 26.2 Å². The van der Waals surface area contributed by atoms with Crippen molar-refractivity contribution in [3.05, 3.63) is 0 Å². The first kappa shape index (κ1) is 32.4. The summed E-state index contributed by atoms with van der Waals surface area (Å²) in [5, 5.41) is 0. The third-order valence-corrected chi connectivity index (χ3v) is 13.6. The van der Waals surface area contributed by atoms with E-state index >= 15 is 0 Å². The predicted molar refractivity (Wildman–Crippen MR) is 157 cm³/mol. The summed E-state index contributed by atoms with van der Waals surface area (Å²) >= 11 is 0. The third-order valence-electron chi connectivity index (χ3n) is 7.99. The van der Waals surface area contributed by atoms with Crippen LogP contribution in [0.1, 0.15) is 175 Å². The molecule has 0 saturated heterocycles. The average molecular weight is 471 g/mol. The molecule has 0 fully saturated rings. The summed E-state index contributed by atoms with van der Waals surface area (Å²) in [7, 11) is -1.01. The minimum atomic E-state index is -1.01. The molecule has 0 nitrogen and oxygen atoms in total. The molecule has 0 rings (SSSR count). The van der Waals surface area contributed by atoms with Crippen LogP contribution in [0.3, 0.4) is 0 Å². The van der Waals surface area contributed by atoms with Crippen molar-refractivity contribution in [2.45, 2.75) is 175 Å². The molecule has 0 unspecified atom stereocenters. The van der Waals surface area contributed by atoms with Crippen molar-refractivity contribution in [1.29, 1.82) is 0 Å². The quantitative estimate of drug-likeness (QED) is 0.0826. The Kier molecular flexibility index (Phi) is 26.4. The van der Waals surface area contributed by atoms with Crippen LogP contribution in [-0.4, -0.2) is 24.6 Å². The van der Waals surface area contributed by atoms with Crippen LogP contribution in [0.4, 0.5) is 0 Å². The van der Waals surface area contributed by atoms with E-state index in [0.29, 0.717) is 0 Å². The maximum absolute atomic E-state index is 2.38. The zero-order chi connectivity index (χ0) is 23.6. The van der Waals surface area contributed by atoms with E-state index < -0.39 is 7.26 Å². The normalized spacial score (nSPS) is 12.5. The predicted octanol–water partition coefficient (Wildman–Crippen LogP) is 11.8. The van der Waals surface area contributed by atoms with E-state index in [-0.39, 0.29) is 0 Å². The fourth-order valence-corrected chi connectivity index (χ4v) is 11.2. The fraction of sp³-hybridized carbons (Fsp3) is 1.00. The van der Waals surface area contributed by atoms with Gasteiger partial charge in [-0.15, -0.1) is 0 Å². The van der Waals surface area contributed by atoms with Crippen LogP contribution in [0.25, 0.3) is 0 Å². The second-order valence-electron chi connectivity index (χ2n) is 11.2. The molecular weight excluding hydrogens is 403 g/mol. The molecule has 0 aliphatic rings. The van der Waals surface area contributed by atoms with Crippen molar-refractivity contribution < 1.29 is 0 Å². The first-order valence-corrected chi connectivity index (χ1v) is 18.6. The molecule has 1 heteroatoms. The van der Waals surface area contributed by atoms with Gasteiger partial charge in [0.15, 0.2) is 0 Å². The molecule has 196 valence electrons. The van der Waals surface area contributed by atoms with Gasteiger partial charge in [0.25, 0.3) is 0 Å². The maximum atomic E-state index is 2.38. The fourth-order valence-electron chi connectivity index (χ4n) is 5.69. The molecule has 0 aromatic rings. The molecule has 0 bridgehead atoms. The summed E-state index contributed by atoms with van der Waals surface area (Å²) in [6, 6.07) is 0. The minimum absolute atomic E-state index is 1.01. The van der Waals surface area contributed by atoms with Crippen molar-refractivity contribution in [2.75, 3.05) is 24.6 Å². The summed E-state index contributed by atoms with van der Waals surface area (Å²) in [5.74, 6) is 0. The van der Waals surface area contributed by atoms with Crippen LogP contribution < -0.4 is 0 Å². The van der Waals surface area contributed by atoms with Gasteiger partial charge < -0.3 is 0 Å². The van der Waals surface area contributed by atoms with Gasteiger partial charge in [-0.05, 0) is 0 Å². The van der Waals surface area contributed by atoms with Gasteiger partial charge in [0.05, 0.1) is 0 Å². The molecule has 0 aromatic carbocycles. The topological polar surface area (TPSA) is 0 Å². The first-order valence-electron chi connectivity index (χ1n) is 15.7. The van der Waals surface area contributed by atoms with Gasteiger partial charge in [-0.25, -0.2) is 0 Å². The van der Waals surface area contributed by atoms with Crippen molar-refractivity contribution in [2.24, 2.45) is 0 Å². The second-order valence-corrected chi connectivity index (χ2v) is 16.2. The summed E-state index contributed by atoms with van der Waals surface area (Å²) in [5.41, 5.74) is 0. The monoisotopic (exact) mass is 470 g/mol.